The van der Waals surface area contributed by atoms with Crippen molar-refractivity contribution in [3.63, 3.8) is 0 Å². The summed E-state index contributed by atoms with van der Waals surface area (Å²) >= 11 is 0. The SMILES string of the molecule is NCc1cc(=O)n2[nH]cnc2n1. The van der Waals surface area contributed by atoms with Crippen LogP contribution in [0.3, 0.4) is 0 Å². The van der Waals surface area contributed by atoms with Gasteiger partial charge >= 0.3 is 0 Å². The van der Waals surface area contributed by atoms with Crippen LogP contribution >= 0.6 is 0 Å². The zero-order chi connectivity index (χ0) is 8.55. The second kappa shape index (κ2) is 2.42. The van der Waals surface area contributed by atoms with Crippen LogP contribution in [-0.2, 0) is 6.54 Å². The molecule has 0 atom stereocenters. The summed E-state index contributed by atoms with van der Waals surface area (Å²) in [7, 11) is 0. The fourth-order valence-electron chi connectivity index (χ4n) is 0.973. The Hall–Kier alpha value is -1.69. The average molecular weight is 165 g/mol. The molecule has 0 saturated heterocycles. The Labute approximate surface area is 67.0 Å². The van der Waals surface area contributed by atoms with Gasteiger partial charge in [0.1, 0.15) is 6.33 Å². The van der Waals surface area contributed by atoms with Gasteiger partial charge in [-0.1, -0.05) is 0 Å². The predicted octanol–water partition coefficient (Wildman–Crippen LogP) is -1.12. The minimum absolute atomic E-state index is 0.196. The fraction of sp³-hybridized carbons (Fsp3) is 0.167. The third kappa shape index (κ3) is 0.892. The highest BCUT2D eigenvalue weighted by Gasteiger charge is 2.01. The maximum Gasteiger partial charge on any atom is 0.274 e. The predicted molar refractivity (Wildman–Crippen MR) is 41.5 cm³/mol. The molecule has 0 aliphatic heterocycles. The molecule has 12 heavy (non-hydrogen) atoms. The molecule has 6 heteroatoms. The molecular formula is C6H7N5O. The van der Waals surface area contributed by atoms with E-state index in [1.54, 1.807) is 0 Å². The first kappa shape index (κ1) is 6.99. The molecule has 0 unspecified atom stereocenters. The van der Waals surface area contributed by atoms with E-state index in [4.69, 9.17) is 5.73 Å². The molecular weight excluding hydrogens is 158 g/mol. The quantitative estimate of drug-likeness (QED) is 0.560. The van der Waals surface area contributed by atoms with E-state index in [2.05, 4.69) is 15.1 Å². The second-order valence-corrected chi connectivity index (χ2v) is 2.31. The number of rotatable bonds is 1. The second-order valence-electron chi connectivity index (χ2n) is 2.31. The van der Waals surface area contributed by atoms with Gasteiger partial charge in [-0.2, -0.15) is 4.52 Å². The van der Waals surface area contributed by atoms with Gasteiger partial charge in [0.2, 0.25) is 0 Å². The van der Waals surface area contributed by atoms with Crippen LogP contribution < -0.4 is 11.3 Å². The summed E-state index contributed by atoms with van der Waals surface area (Å²) in [5.41, 5.74) is 5.68. The number of fused-ring (bicyclic) bond motifs is 1. The molecule has 0 saturated carbocycles. The van der Waals surface area contributed by atoms with E-state index in [-0.39, 0.29) is 12.1 Å². The van der Waals surface area contributed by atoms with Gasteiger partial charge in [-0.25, -0.2) is 9.97 Å². The Kier molecular flexibility index (Phi) is 1.41. The van der Waals surface area contributed by atoms with E-state index in [0.29, 0.717) is 11.5 Å². The fourth-order valence-corrected chi connectivity index (χ4v) is 0.973. The van der Waals surface area contributed by atoms with Crippen molar-refractivity contribution >= 4 is 5.78 Å². The lowest BCUT2D eigenvalue weighted by atomic mass is 10.4. The maximum atomic E-state index is 11.2. The Morgan fingerprint density at radius 1 is 1.67 bits per heavy atom. The molecule has 0 bridgehead atoms. The highest BCUT2D eigenvalue weighted by molar-refractivity contribution is 5.25. The van der Waals surface area contributed by atoms with Gasteiger partial charge < -0.3 is 5.73 Å². The third-order valence-corrected chi connectivity index (χ3v) is 1.53. The maximum absolute atomic E-state index is 11.2. The number of H-pyrrole nitrogens is 1. The summed E-state index contributed by atoms with van der Waals surface area (Å²) in [6.45, 7) is 0.249. The van der Waals surface area contributed by atoms with E-state index in [1.165, 1.54) is 16.9 Å². The molecule has 2 rings (SSSR count). The molecule has 2 aromatic rings. The van der Waals surface area contributed by atoms with Crippen LogP contribution in [-0.4, -0.2) is 19.6 Å². The monoisotopic (exact) mass is 165 g/mol. The topological polar surface area (TPSA) is 89.1 Å². The Balaban J connectivity index is 2.84. The molecule has 3 N–H and O–H groups in total. The molecule has 62 valence electrons. The smallest absolute Gasteiger partial charge is 0.274 e. The zero-order valence-corrected chi connectivity index (χ0v) is 6.19. The number of nitrogens with zero attached hydrogens (tertiary/aromatic N) is 3. The third-order valence-electron chi connectivity index (χ3n) is 1.53. The van der Waals surface area contributed by atoms with Gasteiger partial charge in [0, 0.05) is 12.6 Å². The lowest BCUT2D eigenvalue weighted by Gasteiger charge is -1.93. The van der Waals surface area contributed by atoms with Crippen molar-refractivity contribution in [1.29, 1.82) is 0 Å². The highest BCUT2D eigenvalue weighted by Crippen LogP contribution is 1.91. The Bertz CT molecular complexity index is 456. The standard InChI is InChI=1S/C6H7N5O/c7-2-4-1-5(12)11-6(10-4)8-3-9-11/h1,3H,2,7H2,(H,8,9,10). The normalized spacial score (nSPS) is 10.8. The van der Waals surface area contributed by atoms with E-state index in [1.807, 2.05) is 0 Å². The van der Waals surface area contributed by atoms with Crippen molar-refractivity contribution in [1.82, 2.24) is 19.6 Å². The van der Waals surface area contributed by atoms with Crippen LogP contribution in [0.25, 0.3) is 5.78 Å². The summed E-state index contributed by atoms with van der Waals surface area (Å²) in [5, 5.41) is 2.63. The zero-order valence-electron chi connectivity index (χ0n) is 6.19. The number of hydrogen-bond donors (Lipinski definition) is 2. The number of aromatic amines is 1. The number of nitrogens with two attached hydrogens (primary N) is 1. The van der Waals surface area contributed by atoms with Crippen molar-refractivity contribution in [2.75, 3.05) is 0 Å². The molecule has 0 spiro atoms. The van der Waals surface area contributed by atoms with Crippen LogP contribution in [0, 0.1) is 0 Å². The number of nitrogens with one attached hydrogen (secondary N) is 1. The Morgan fingerprint density at radius 2 is 2.50 bits per heavy atom. The molecule has 0 radical (unpaired) electrons. The van der Waals surface area contributed by atoms with E-state index >= 15 is 0 Å². The lowest BCUT2D eigenvalue weighted by Crippen LogP contribution is -2.16. The minimum atomic E-state index is -0.196. The van der Waals surface area contributed by atoms with Gasteiger partial charge in [0.25, 0.3) is 11.3 Å². The minimum Gasteiger partial charge on any atom is -0.325 e. The van der Waals surface area contributed by atoms with Gasteiger partial charge in [0.15, 0.2) is 0 Å². The van der Waals surface area contributed by atoms with Crippen LogP contribution in [0.15, 0.2) is 17.2 Å². The number of aromatic nitrogens is 4. The van der Waals surface area contributed by atoms with Crippen molar-refractivity contribution in [2.45, 2.75) is 6.54 Å². The average Bonchev–Trinajstić information content (AvgIpc) is 2.52. The van der Waals surface area contributed by atoms with Crippen molar-refractivity contribution in [3.05, 3.63) is 28.4 Å². The van der Waals surface area contributed by atoms with Crippen LogP contribution in [0.1, 0.15) is 5.69 Å². The summed E-state index contributed by atoms with van der Waals surface area (Å²) < 4.78 is 1.25. The first-order valence-corrected chi connectivity index (χ1v) is 3.43. The van der Waals surface area contributed by atoms with E-state index < -0.39 is 0 Å². The van der Waals surface area contributed by atoms with Gasteiger partial charge in [-0.05, 0) is 0 Å². The van der Waals surface area contributed by atoms with E-state index in [9.17, 15) is 4.79 Å². The molecule has 0 aromatic carbocycles. The van der Waals surface area contributed by atoms with Crippen molar-refractivity contribution < 1.29 is 0 Å². The first-order valence-electron chi connectivity index (χ1n) is 3.43. The molecule has 0 amide bonds. The molecule has 0 aliphatic carbocycles. The first-order chi connectivity index (χ1) is 5.81. The summed E-state index contributed by atoms with van der Waals surface area (Å²) in [6.07, 6.45) is 1.41. The van der Waals surface area contributed by atoms with Gasteiger partial charge in [-0.15, -0.1) is 0 Å². The molecule has 0 fully saturated rings. The van der Waals surface area contributed by atoms with E-state index in [0.717, 1.165) is 0 Å². The molecule has 2 heterocycles. The number of hydrogen-bond acceptors (Lipinski definition) is 4. The van der Waals surface area contributed by atoms with Crippen molar-refractivity contribution in [3.8, 4) is 0 Å². The van der Waals surface area contributed by atoms with Crippen LogP contribution in [0.5, 0.6) is 0 Å². The largest absolute Gasteiger partial charge is 0.325 e. The molecule has 2 aromatic heterocycles. The summed E-state index contributed by atoms with van der Waals surface area (Å²) in [4.78, 5) is 19.1. The highest BCUT2D eigenvalue weighted by atomic mass is 16.1. The molecule has 0 aliphatic rings. The summed E-state index contributed by atoms with van der Waals surface area (Å²) in [5.74, 6) is 0.350. The van der Waals surface area contributed by atoms with Gasteiger partial charge in [-0.3, -0.25) is 9.89 Å². The summed E-state index contributed by atoms with van der Waals surface area (Å²) in [6, 6.07) is 1.38. The van der Waals surface area contributed by atoms with Gasteiger partial charge in [0.05, 0.1) is 5.69 Å². The Morgan fingerprint density at radius 3 is 3.25 bits per heavy atom. The molecule has 6 nitrogen and oxygen atoms in total. The lowest BCUT2D eigenvalue weighted by molar-refractivity contribution is 0.868. The van der Waals surface area contributed by atoms with Crippen molar-refractivity contribution in [2.24, 2.45) is 5.73 Å². The van der Waals surface area contributed by atoms with Crippen LogP contribution in [0.4, 0.5) is 0 Å². The van der Waals surface area contributed by atoms with Crippen LogP contribution in [0.2, 0.25) is 0 Å².